The van der Waals surface area contributed by atoms with Crippen molar-refractivity contribution in [3.63, 3.8) is 0 Å². The number of benzene rings is 1. The number of carboxylic acids is 1. The van der Waals surface area contributed by atoms with Gasteiger partial charge in [-0.25, -0.2) is 0 Å². The molecule has 0 heterocycles. The third kappa shape index (κ3) is 5.38. The van der Waals surface area contributed by atoms with Gasteiger partial charge in [0.05, 0.1) is 21.5 Å². The molecule has 0 aromatic heterocycles. The number of anilines is 1. The molecule has 1 atom stereocenters. The summed E-state index contributed by atoms with van der Waals surface area (Å²) in [4.78, 5) is 22.2. The summed E-state index contributed by atoms with van der Waals surface area (Å²) >= 11 is 18.7. The summed E-state index contributed by atoms with van der Waals surface area (Å²) in [6.07, 6.45) is 0. The maximum atomic E-state index is 11.7. The number of amides is 1. The molecular weight excluding hydrogens is 347 g/mol. The largest absolute Gasteiger partial charge is 0.480 e. The molecular formula is C11H11Cl3N2O3S. The lowest BCUT2D eigenvalue weighted by Gasteiger charge is -2.10. The highest BCUT2D eigenvalue weighted by molar-refractivity contribution is 8.00. The zero-order valence-corrected chi connectivity index (χ0v) is 13.1. The molecule has 9 heteroatoms. The summed E-state index contributed by atoms with van der Waals surface area (Å²) in [5.41, 5.74) is 5.58. The van der Waals surface area contributed by atoms with Crippen molar-refractivity contribution in [2.75, 3.05) is 16.8 Å². The van der Waals surface area contributed by atoms with Crippen LogP contribution in [0, 0.1) is 0 Å². The van der Waals surface area contributed by atoms with Crippen molar-refractivity contribution in [1.29, 1.82) is 0 Å². The summed E-state index contributed by atoms with van der Waals surface area (Å²) in [7, 11) is 0. The SMILES string of the molecule is NC(CSCC(=O)Nc1c(Cl)cc(Cl)cc1Cl)C(=O)O. The van der Waals surface area contributed by atoms with Gasteiger partial charge >= 0.3 is 5.97 Å². The predicted molar refractivity (Wildman–Crippen MR) is 83.0 cm³/mol. The van der Waals surface area contributed by atoms with Gasteiger partial charge in [0, 0.05) is 10.8 Å². The van der Waals surface area contributed by atoms with Crippen LogP contribution in [0.5, 0.6) is 0 Å². The minimum absolute atomic E-state index is 0.0380. The summed E-state index contributed by atoms with van der Waals surface area (Å²) in [5.74, 6) is -1.30. The Bertz CT molecular complexity index is 505. The van der Waals surface area contributed by atoms with E-state index in [9.17, 15) is 9.59 Å². The third-order valence-electron chi connectivity index (χ3n) is 2.12. The molecule has 5 nitrogen and oxygen atoms in total. The second-order valence-electron chi connectivity index (χ2n) is 3.75. The molecule has 0 aliphatic carbocycles. The highest BCUT2D eigenvalue weighted by atomic mass is 35.5. The van der Waals surface area contributed by atoms with Crippen LogP contribution in [-0.2, 0) is 9.59 Å². The number of carbonyl (C=O) groups is 2. The molecule has 0 aliphatic heterocycles. The van der Waals surface area contributed by atoms with Crippen LogP contribution in [0.2, 0.25) is 15.1 Å². The molecule has 1 amide bonds. The highest BCUT2D eigenvalue weighted by Crippen LogP contribution is 2.33. The quantitative estimate of drug-likeness (QED) is 0.728. The van der Waals surface area contributed by atoms with Crippen molar-refractivity contribution in [3.05, 3.63) is 27.2 Å². The number of rotatable bonds is 6. The second-order valence-corrected chi connectivity index (χ2v) is 6.03. The Morgan fingerprint density at radius 1 is 1.30 bits per heavy atom. The normalized spacial score (nSPS) is 12.0. The lowest BCUT2D eigenvalue weighted by molar-refractivity contribution is -0.137. The zero-order valence-electron chi connectivity index (χ0n) is 10.0. The van der Waals surface area contributed by atoms with Gasteiger partial charge in [0.1, 0.15) is 6.04 Å². The molecule has 0 fully saturated rings. The number of nitrogens with two attached hydrogens (primary N) is 1. The number of nitrogens with one attached hydrogen (secondary N) is 1. The fourth-order valence-corrected chi connectivity index (χ4v) is 2.87. The molecule has 1 aromatic carbocycles. The van der Waals surface area contributed by atoms with E-state index in [1.165, 1.54) is 12.1 Å². The maximum absolute atomic E-state index is 11.7. The van der Waals surface area contributed by atoms with Gasteiger partial charge in [-0.15, -0.1) is 11.8 Å². The fraction of sp³-hybridized carbons (Fsp3) is 0.273. The van der Waals surface area contributed by atoms with E-state index in [0.717, 1.165) is 11.8 Å². The Hall–Kier alpha value is -0.660. The smallest absolute Gasteiger partial charge is 0.321 e. The Morgan fingerprint density at radius 3 is 2.35 bits per heavy atom. The number of carboxylic acid groups (broad SMARTS) is 1. The average molecular weight is 358 g/mol. The van der Waals surface area contributed by atoms with Crippen LogP contribution in [0.1, 0.15) is 0 Å². The van der Waals surface area contributed by atoms with E-state index in [0.29, 0.717) is 5.02 Å². The predicted octanol–water partition coefficient (Wildman–Crippen LogP) is 2.73. The molecule has 0 radical (unpaired) electrons. The summed E-state index contributed by atoms with van der Waals surface area (Å²) < 4.78 is 0. The standard InChI is InChI=1S/C11H11Cl3N2O3S/c12-5-1-6(13)10(7(14)2-5)16-9(17)4-20-3-8(15)11(18)19/h1-2,8H,3-4,15H2,(H,16,17)(H,18,19). The van der Waals surface area contributed by atoms with Crippen molar-refractivity contribution in [1.82, 2.24) is 0 Å². The Kier molecular flexibility index (Phi) is 6.91. The first-order chi connectivity index (χ1) is 9.31. The van der Waals surface area contributed by atoms with Gasteiger partial charge in [-0.1, -0.05) is 34.8 Å². The van der Waals surface area contributed by atoms with Crippen molar-refractivity contribution >= 4 is 64.1 Å². The first-order valence-corrected chi connectivity index (χ1v) is 7.60. The van der Waals surface area contributed by atoms with E-state index >= 15 is 0 Å². The Labute approximate surface area is 134 Å². The minimum Gasteiger partial charge on any atom is -0.480 e. The first kappa shape index (κ1) is 17.4. The van der Waals surface area contributed by atoms with Crippen LogP contribution in [0.15, 0.2) is 12.1 Å². The molecule has 4 N–H and O–H groups in total. The molecule has 0 spiro atoms. The third-order valence-corrected chi connectivity index (χ3v) is 3.99. The lowest BCUT2D eigenvalue weighted by Crippen LogP contribution is -2.33. The number of thioether (sulfide) groups is 1. The van der Waals surface area contributed by atoms with Crippen molar-refractivity contribution in [3.8, 4) is 0 Å². The number of hydrogen-bond donors (Lipinski definition) is 3. The average Bonchev–Trinajstić information content (AvgIpc) is 2.33. The van der Waals surface area contributed by atoms with E-state index < -0.39 is 12.0 Å². The molecule has 20 heavy (non-hydrogen) atoms. The van der Waals surface area contributed by atoms with E-state index in [-0.39, 0.29) is 33.1 Å². The van der Waals surface area contributed by atoms with Crippen LogP contribution in [0.25, 0.3) is 0 Å². The molecule has 1 unspecified atom stereocenters. The minimum atomic E-state index is -1.11. The summed E-state index contributed by atoms with van der Waals surface area (Å²) in [6, 6.07) is 1.91. The van der Waals surface area contributed by atoms with E-state index in [4.69, 9.17) is 45.6 Å². The van der Waals surface area contributed by atoms with Gasteiger partial charge in [0.15, 0.2) is 0 Å². The molecule has 1 aromatic rings. The van der Waals surface area contributed by atoms with Gasteiger partial charge in [0.25, 0.3) is 0 Å². The van der Waals surface area contributed by atoms with Crippen LogP contribution >= 0.6 is 46.6 Å². The second kappa shape index (κ2) is 7.95. The zero-order chi connectivity index (χ0) is 15.3. The van der Waals surface area contributed by atoms with Crippen molar-refractivity contribution < 1.29 is 14.7 Å². The number of aliphatic carboxylic acids is 1. The van der Waals surface area contributed by atoms with E-state index in [1.54, 1.807) is 0 Å². The van der Waals surface area contributed by atoms with E-state index in [1.807, 2.05) is 0 Å². The Balaban J connectivity index is 2.53. The monoisotopic (exact) mass is 356 g/mol. The van der Waals surface area contributed by atoms with Gasteiger partial charge in [0.2, 0.25) is 5.91 Å². The van der Waals surface area contributed by atoms with Gasteiger partial charge in [-0.05, 0) is 12.1 Å². The van der Waals surface area contributed by atoms with Crippen LogP contribution in [0.3, 0.4) is 0 Å². The molecule has 0 bridgehead atoms. The van der Waals surface area contributed by atoms with E-state index in [2.05, 4.69) is 5.32 Å². The number of halogens is 3. The molecule has 0 aliphatic rings. The summed E-state index contributed by atoms with van der Waals surface area (Å²) in [6.45, 7) is 0. The fourth-order valence-electron chi connectivity index (χ4n) is 1.19. The van der Waals surface area contributed by atoms with Gasteiger partial charge < -0.3 is 16.2 Å². The molecule has 110 valence electrons. The van der Waals surface area contributed by atoms with Crippen molar-refractivity contribution in [2.24, 2.45) is 5.73 Å². The molecule has 1 rings (SSSR count). The van der Waals surface area contributed by atoms with Crippen LogP contribution in [-0.4, -0.2) is 34.5 Å². The maximum Gasteiger partial charge on any atom is 0.321 e. The number of carbonyl (C=O) groups excluding carboxylic acids is 1. The highest BCUT2D eigenvalue weighted by Gasteiger charge is 2.14. The van der Waals surface area contributed by atoms with Crippen molar-refractivity contribution in [2.45, 2.75) is 6.04 Å². The molecule has 0 saturated carbocycles. The summed E-state index contributed by atoms with van der Waals surface area (Å²) in [5, 5.41) is 11.9. The molecule has 0 saturated heterocycles. The van der Waals surface area contributed by atoms with Crippen LogP contribution < -0.4 is 11.1 Å². The van der Waals surface area contributed by atoms with Gasteiger partial charge in [-0.2, -0.15) is 0 Å². The topological polar surface area (TPSA) is 92.4 Å². The number of hydrogen-bond acceptors (Lipinski definition) is 4. The first-order valence-electron chi connectivity index (χ1n) is 5.31. The van der Waals surface area contributed by atoms with Gasteiger partial charge in [-0.3, -0.25) is 9.59 Å². The lowest BCUT2D eigenvalue weighted by atomic mass is 10.3. The Morgan fingerprint density at radius 2 is 1.85 bits per heavy atom. The van der Waals surface area contributed by atoms with Crippen LogP contribution in [0.4, 0.5) is 5.69 Å².